The Morgan fingerprint density at radius 2 is 1.78 bits per heavy atom. The lowest BCUT2D eigenvalue weighted by Gasteiger charge is -2.37. The molecular formula is C23H19Cl2N3O4. The van der Waals surface area contributed by atoms with E-state index in [-0.39, 0.29) is 12.4 Å². The molecule has 0 saturated heterocycles. The quantitative estimate of drug-likeness (QED) is 0.502. The minimum Gasteiger partial charge on any atom is -0.508 e. The van der Waals surface area contributed by atoms with Crippen LogP contribution in [-0.4, -0.2) is 28.5 Å². The molecule has 9 heteroatoms. The maximum absolute atomic E-state index is 13.2. The molecule has 1 unspecified atom stereocenters. The van der Waals surface area contributed by atoms with Crippen LogP contribution in [-0.2, 0) is 4.79 Å². The minimum absolute atomic E-state index is 0.0883. The SMILES string of the molecule is Cc1cc(Cl)ccc1OCC(=O)NN1C(=O)c2cc(Cl)ccc2NC1c1ccc(O)cc1. The van der Waals surface area contributed by atoms with E-state index in [0.717, 1.165) is 5.56 Å². The van der Waals surface area contributed by atoms with Gasteiger partial charge in [0.25, 0.3) is 11.8 Å². The van der Waals surface area contributed by atoms with Gasteiger partial charge in [-0.2, -0.15) is 0 Å². The van der Waals surface area contributed by atoms with Crippen LogP contribution in [0.25, 0.3) is 0 Å². The Balaban J connectivity index is 1.57. The smallest absolute Gasteiger partial charge is 0.276 e. The van der Waals surface area contributed by atoms with Crippen LogP contribution in [0.1, 0.15) is 27.7 Å². The third kappa shape index (κ3) is 4.59. The maximum Gasteiger partial charge on any atom is 0.276 e. The highest BCUT2D eigenvalue weighted by molar-refractivity contribution is 6.31. The zero-order valence-electron chi connectivity index (χ0n) is 16.9. The number of ether oxygens (including phenoxy) is 1. The van der Waals surface area contributed by atoms with E-state index in [4.69, 9.17) is 27.9 Å². The van der Waals surface area contributed by atoms with Gasteiger partial charge in [0.15, 0.2) is 6.61 Å². The van der Waals surface area contributed by atoms with Crippen molar-refractivity contribution in [1.29, 1.82) is 0 Å². The molecule has 1 heterocycles. The predicted octanol–water partition coefficient (Wildman–Crippen LogP) is 4.68. The van der Waals surface area contributed by atoms with Crippen molar-refractivity contribution in [1.82, 2.24) is 10.4 Å². The van der Waals surface area contributed by atoms with Crippen LogP contribution in [0.2, 0.25) is 10.0 Å². The Kier molecular flexibility index (Phi) is 6.12. The van der Waals surface area contributed by atoms with E-state index >= 15 is 0 Å². The summed E-state index contributed by atoms with van der Waals surface area (Å²) in [6.45, 7) is 1.51. The molecule has 3 aromatic rings. The number of carbonyl (C=O) groups excluding carboxylic acids is 2. The molecule has 1 aliphatic rings. The molecule has 0 fully saturated rings. The van der Waals surface area contributed by atoms with Crippen LogP contribution in [0.4, 0.5) is 5.69 Å². The molecule has 3 aromatic carbocycles. The summed E-state index contributed by atoms with van der Waals surface area (Å²) >= 11 is 12.0. The van der Waals surface area contributed by atoms with Gasteiger partial charge in [-0.25, -0.2) is 5.01 Å². The number of aromatic hydroxyl groups is 1. The van der Waals surface area contributed by atoms with Crippen molar-refractivity contribution >= 4 is 40.7 Å². The molecule has 2 amide bonds. The molecule has 0 aromatic heterocycles. The first-order valence-electron chi connectivity index (χ1n) is 9.69. The number of anilines is 1. The number of hydrogen-bond acceptors (Lipinski definition) is 5. The second kappa shape index (κ2) is 8.98. The van der Waals surface area contributed by atoms with Gasteiger partial charge >= 0.3 is 0 Å². The average molecular weight is 472 g/mol. The van der Waals surface area contributed by atoms with Crippen LogP contribution in [0.3, 0.4) is 0 Å². The van der Waals surface area contributed by atoms with Crippen molar-refractivity contribution in [3.63, 3.8) is 0 Å². The summed E-state index contributed by atoms with van der Waals surface area (Å²) in [4.78, 5) is 25.9. The lowest BCUT2D eigenvalue weighted by Crippen LogP contribution is -2.53. The van der Waals surface area contributed by atoms with E-state index in [9.17, 15) is 14.7 Å². The average Bonchev–Trinajstić information content (AvgIpc) is 2.76. The number of phenols is 1. The first-order valence-corrected chi connectivity index (χ1v) is 10.4. The first kappa shape index (κ1) is 21.8. The third-order valence-electron chi connectivity index (χ3n) is 4.93. The fourth-order valence-corrected chi connectivity index (χ4v) is 3.77. The van der Waals surface area contributed by atoms with Crippen LogP contribution in [0.15, 0.2) is 60.7 Å². The summed E-state index contributed by atoms with van der Waals surface area (Å²) in [6.07, 6.45) is -0.710. The molecule has 164 valence electrons. The number of rotatable bonds is 5. The summed E-state index contributed by atoms with van der Waals surface area (Å²) < 4.78 is 5.59. The summed E-state index contributed by atoms with van der Waals surface area (Å²) in [5.41, 5.74) is 4.96. The van der Waals surface area contributed by atoms with Crippen molar-refractivity contribution in [2.75, 3.05) is 11.9 Å². The summed E-state index contributed by atoms with van der Waals surface area (Å²) in [5.74, 6) is -0.357. The van der Waals surface area contributed by atoms with Gasteiger partial charge in [-0.05, 0) is 66.6 Å². The lowest BCUT2D eigenvalue weighted by molar-refractivity contribution is -0.127. The topological polar surface area (TPSA) is 90.9 Å². The fourth-order valence-electron chi connectivity index (χ4n) is 3.37. The number of carbonyl (C=O) groups is 2. The molecule has 1 aliphatic heterocycles. The number of hydrazine groups is 1. The zero-order chi connectivity index (χ0) is 22.8. The third-order valence-corrected chi connectivity index (χ3v) is 5.40. The molecule has 7 nitrogen and oxygen atoms in total. The van der Waals surface area contributed by atoms with Gasteiger partial charge in [0.2, 0.25) is 0 Å². The molecule has 3 N–H and O–H groups in total. The van der Waals surface area contributed by atoms with E-state index < -0.39 is 18.0 Å². The second-order valence-electron chi connectivity index (χ2n) is 7.24. The highest BCUT2D eigenvalue weighted by Gasteiger charge is 2.34. The number of phenolic OH excluding ortho intramolecular Hbond substituents is 1. The Labute approximate surface area is 194 Å². The number of amides is 2. The van der Waals surface area contributed by atoms with Crippen LogP contribution in [0.5, 0.6) is 11.5 Å². The maximum atomic E-state index is 13.2. The Hall–Kier alpha value is -3.42. The molecule has 1 atom stereocenters. The second-order valence-corrected chi connectivity index (χ2v) is 8.11. The fraction of sp³-hybridized carbons (Fsp3) is 0.130. The number of nitrogens with one attached hydrogen (secondary N) is 2. The van der Waals surface area contributed by atoms with Crippen molar-refractivity contribution in [3.8, 4) is 11.5 Å². The van der Waals surface area contributed by atoms with E-state index in [1.54, 1.807) is 42.5 Å². The number of aryl methyl sites for hydroxylation is 1. The molecular weight excluding hydrogens is 453 g/mol. The summed E-state index contributed by atoms with van der Waals surface area (Å²) in [5, 5.41) is 15.0. The number of nitrogens with zero attached hydrogens (tertiary/aromatic N) is 1. The van der Waals surface area contributed by atoms with Crippen LogP contribution < -0.4 is 15.5 Å². The van der Waals surface area contributed by atoms with Gasteiger partial charge < -0.3 is 15.2 Å². The molecule has 0 bridgehead atoms. The normalized spacial score (nSPS) is 15.0. The Bertz CT molecular complexity index is 1180. The highest BCUT2D eigenvalue weighted by Crippen LogP contribution is 2.34. The van der Waals surface area contributed by atoms with Gasteiger partial charge in [-0.3, -0.25) is 15.0 Å². The Morgan fingerprint density at radius 3 is 2.50 bits per heavy atom. The van der Waals surface area contributed by atoms with Gasteiger partial charge in [0.1, 0.15) is 17.7 Å². The molecule has 4 rings (SSSR count). The molecule has 32 heavy (non-hydrogen) atoms. The number of fused-ring (bicyclic) bond motifs is 1. The van der Waals surface area contributed by atoms with Gasteiger partial charge in [0.05, 0.1) is 5.56 Å². The van der Waals surface area contributed by atoms with Gasteiger partial charge in [-0.1, -0.05) is 35.3 Å². The predicted molar refractivity (Wildman–Crippen MR) is 122 cm³/mol. The van der Waals surface area contributed by atoms with Crippen LogP contribution >= 0.6 is 23.2 Å². The van der Waals surface area contributed by atoms with E-state index in [1.165, 1.54) is 23.2 Å². The monoisotopic (exact) mass is 471 g/mol. The van der Waals surface area contributed by atoms with Crippen molar-refractivity contribution in [3.05, 3.63) is 87.4 Å². The van der Waals surface area contributed by atoms with Gasteiger partial charge in [0, 0.05) is 15.7 Å². The van der Waals surface area contributed by atoms with E-state index in [2.05, 4.69) is 10.7 Å². The van der Waals surface area contributed by atoms with Crippen molar-refractivity contribution < 1.29 is 19.4 Å². The number of benzene rings is 3. The van der Waals surface area contributed by atoms with E-state index in [1.807, 2.05) is 6.92 Å². The van der Waals surface area contributed by atoms with Gasteiger partial charge in [-0.15, -0.1) is 0 Å². The lowest BCUT2D eigenvalue weighted by atomic mass is 10.0. The van der Waals surface area contributed by atoms with Crippen molar-refractivity contribution in [2.24, 2.45) is 0 Å². The standard InChI is InChI=1S/C23H19Cl2N3O4/c1-13-10-15(24)5-9-20(13)32-12-21(30)27-28-22(14-2-6-17(29)7-3-14)26-19-8-4-16(25)11-18(19)23(28)31/h2-11,22,26,29H,12H2,1H3,(H,27,30). The van der Waals surface area contributed by atoms with E-state index in [0.29, 0.717) is 32.6 Å². The molecule has 0 radical (unpaired) electrons. The summed E-state index contributed by atoms with van der Waals surface area (Å²) in [7, 11) is 0. The molecule has 0 saturated carbocycles. The Morgan fingerprint density at radius 1 is 1.09 bits per heavy atom. The minimum atomic E-state index is -0.710. The molecule has 0 spiro atoms. The van der Waals surface area contributed by atoms with Crippen LogP contribution in [0, 0.1) is 6.92 Å². The largest absolute Gasteiger partial charge is 0.508 e. The number of halogens is 2. The molecule has 0 aliphatic carbocycles. The number of hydrogen-bond donors (Lipinski definition) is 3. The van der Waals surface area contributed by atoms with Crippen molar-refractivity contribution in [2.45, 2.75) is 13.1 Å². The highest BCUT2D eigenvalue weighted by atomic mass is 35.5. The summed E-state index contributed by atoms with van der Waals surface area (Å²) in [6, 6.07) is 16.3. The first-order chi connectivity index (χ1) is 15.3. The zero-order valence-corrected chi connectivity index (χ0v) is 18.4.